The van der Waals surface area contributed by atoms with Crippen molar-refractivity contribution in [3.63, 3.8) is 0 Å². The van der Waals surface area contributed by atoms with E-state index in [1.165, 1.54) is 24.1 Å². The van der Waals surface area contributed by atoms with Gasteiger partial charge in [0, 0.05) is 36.7 Å². The van der Waals surface area contributed by atoms with Gasteiger partial charge in [-0.3, -0.25) is 9.59 Å². The van der Waals surface area contributed by atoms with Crippen LogP contribution in [0.15, 0.2) is 48.5 Å². The topological polar surface area (TPSA) is 52.7 Å². The van der Waals surface area contributed by atoms with E-state index in [9.17, 15) is 9.59 Å². The SMILES string of the molecule is O=C(Nc1ccc(N2CCCC2)cc1)C1CC1C(=O)N1CCCc2ccccc21. The normalized spacial score (nSPS) is 22.9. The molecular weight excluding hydrogens is 362 g/mol. The Morgan fingerprint density at radius 1 is 0.862 bits per heavy atom. The largest absolute Gasteiger partial charge is 0.372 e. The van der Waals surface area contributed by atoms with E-state index in [2.05, 4.69) is 28.4 Å². The molecule has 0 aromatic heterocycles. The van der Waals surface area contributed by atoms with Gasteiger partial charge in [-0.2, -0.15) is 0 Å². The number of hydrogen-bond acceptors (Lipinski definition) is 3. The summed E-state index contributed by atoms with van der Waals surface area (Å²) in [7, 11) is 0. The number of nitrogens with zero attached hydrogens (tertiary/aromatic N) is 2. The van der Waals surface area contributed by atoms with Crippen molar-refractivity contribution in [2.24, 2.45) is 11.8 Å². The quantitative estimate of drug-likeness (QED) is 0.864. The van der Waals surface area contributed by atoms with E-state index in [1.807, 2.05) is 35.2 Å². The lowest BCUT2D eigenvalue weighted by molar-refractivity contribution is -0.123. The summed E-state index contributed by atoms with van der Waals surface area (Å²) in [5.74, 6) is -0.343. The first kappa shape index (κ1) is 18.2. The van der Waals surface area contributed by atoms with Crippen molar-refractivity contribution in [3.05, 3.63) is 54.1 Å². The summed E-state index contributed by atoms with van der Waals surface area (Å²) >= 11 is 0. The summed E-state index contributed by atoms with van der Waals surface area (Å²) in [5, 5.41) is 3.00. The maximum atomic E-state index is 13.0. The smallest absolute Gasteiger partial charge is 0.230 e. The van der Waals surface area contributed by atoms with Gasteiger partial charge >= 0.3 is 0 Å². The molecule has 2 aromatic rings. The Kier molecular flexibility index (Phi) is 4.74. The number of benzene rings is 2. The van der Waals surface area contributed by atoms with Crippen LogP contribution in [0.25, 0.3) is 0 Å². The molecule has 1 N–H and O–H groups in total. The Labute approximate surface area is 171 Å². The Morgan fingerprint density at radius 3 is 2.41 bits per heavy atom. The predicted molar refractivity (Wildman–Crippen MR) is 115 cm³/mol. The molecule has 29 heavy (non-hydrogen) atoms. The van der Waals surface area contributed by atoms with Crippen molar-refractivity contribution in [1.29, 1.82) is 0 Å². The Bertz CT molecular complexity index is 918. The molecular formula is C24H27N3O2. The van der Waals surface area contributed by atoms with E-state index in [-0.39, 0.29) is 23.7 Å². The first-order valence-electron chi connectivity index (χ1n) is 10.8. The van der Waals surface area contributed by atoms with E-state index in [4.69, 9.17) is 0 Å². The molecule has 1 saturated carbocycles. The van der Waals surface area contributed by atoms with Gasteiger partial charge in [-0.05, 0) is 68.0 Å². The van der Waals surface area contributed by atoms with Crippen LogP contribution >= 0.6 is 0 Å². The van der Waals surface area contributed by atoms with E-state index in [0.717, 1.165) is 43.9 Å². The number of rotatable bonds is 4. The maximum Gasteiger partial charge on any atom is 0.230 e. The molecule has 2 heterocycles. The molecule has 0 spiro atoms. The van der Waals surface area contributed by atoms with Crippen molar-refractivity contribution in [1.82, 2.24) is 0 Å². The second kappa shape index (κ2) is 7.54. The van der Waals surface area contributed by atoms with Crippen molar-refractivity contribution in [3.8, 4) is 0 Å². The molecule has 5 heteroatoms. The van der Waals surface area contributed by atoms with Gasteiger partial charge in [-0.25, -0.2) is 0 Å². The van der Waals surface area contributed by atoms with Crippen molar-refractivity contribution in [2.75, 3.05) is 34.8 Å². The number of carbonyl (C=O) groups excluding carboxylic acids is 2. The van der Waals surface area contributed by atoms with Crippen LogP contribution in [0.4, 0.5) is 17.1 Å². The van der Waals surface area contributed by atoms with Gasteiger partial charge in [0.05, 0.1) is 11.8 Å². The van der Waals surface area contributed by atoms with E-state index < -0.39 is 0 Å². The minimum absolute atomic E-state index is 0.0393. The van der Waals surface area contributed by atoms with Crippen LogP contribution in [0.5, 0.6) is 0 Å². The highest BCUT2D eigenvalue weighted by Gasteiger charge is 2.50. The third kappa shape index (κ3) is 3.61. The van der Waals surface area contributed by atoms with Gasteiger partial charge in [-0.1, -0.05) is 18.2 Å². The monoisotopic (exact) mass is 389 g/mol. The molecule has 1 saturated heterocycles. The zero-order valence-corrected chi connectivity index (χ0v) is 16.6. The summed E-state index contributed by atoms with van der Waals surface area (Å²) < 4.78 is 0. The Morgan fingerprint density at radius 2 is 1.62 bits per heavy atom. The highest BCUT2D eigenvalue weighted by Crippen LogP contribution is 2.42. The fourth-order valence-electron chi connectivity index (χ4n) is 4.69. The lowest BCUT2D eigenvalue weighted by Gasteiger charge is -2.29. The van der Waals surface area contributed by atoms with Crippen LogP contribution in [0.2, 0.25) is 0 Å². The fraction of sp³-hybridized carbons (Fsp3) is 0.417. The average Bonchev–Trinajstić information content (AvgIpc) is 3.38. The number of fused-ring (bicyclic) bond motifs is 1. The summed E-state index contributed by atoms with van der Waals surface area (Å²) in [6.45, 7) is 2.97. The molecule has 0 radical (unpaired) electrons. The molecule has 2 aliphatic heterocycles. The molecule has 5 nitrogen and oxygen atoms in total. The third-order valence-electron chi connectivity index (χ3n) is 6.43. The second-order valence-corrected chi connectivity index (χ2v) is 8.40. The number of hydrogen-bond donors (Lipinski definition) is 1. The van der Waals surface area contributed by atoms with E-state index >= 15 is 0 Å². The van der Waals surface area contributed by atoms with E-state index in [1.54, 1.807) is 0 Å². The number of amides is 2. The van der Waals surface area contributed by atoms with Crippen LogP contribution in [0, 0.1) is 11.8 Å². The maximum absolute atomic E-state index is 13.0. The first-order chi connectivity index (χ1) is 14.2. The first-order valence-corrected chi connectivity index (χ1v) is 10.8. The average molecular weight is 389 g/mol. The van der Waals surface area contributed by atoms with Gasteiger partial charge < -0.3 is 15.1 Å². The van der Waals surface area contributed by atoms with Crippen LogP contribution in [0.3, 0.4) is 0 Å². The highest BCUT2D eigenvalue weighted by molar-refractivity contribution is 6.04. The molecule has 3 aliphatic rings. The minimum Gasteiger partial charge on any atom is -0.372 e. The summed E-state index contributed by atoms with van der Waals surface area (Å²) in [6.07, 6.45) is 5.14. The highest BCUT2D eigenvalue weighted by atomic mass is 16.2. The molecule has 2 fully saturated rings. The third-order valence-corrected chi connectivity index (χ3v) is 6.43. The van der Waals surface area contributed by atoms with Gasteiger partial charge in [0.1, 0.15) is 0 Å². The summed E-state index contributed by atoms with van der Waals surface area (Å²) in [6, 6.07) is 16.2. The summed E-state index contributed by atoms with van der Waals surface area (Å²) in [4.78, 5) is 30.0. The molecule has 2 unspecified atom stereocenters. The number of aryl methyl sites for hydroxylation is 1. The van der Waals surface area contributed by atoms with Gasteiger partial charge in [0.25, 0.3) is 0 Å². The van der Waals surface area contributed by atoms with Crippen LogP contribution in [-0.4, -0.2) is 31.4 Å². The molecule has 1 aliphatic carbocycles. The second-order valence-electron chi connectivity index (χ2n) is 8.40. The van der Waals surface area contributed by atoms with Crippen LogP contribution < -0.4 is 15.1 Å². The number of nitrogens with one attached hydrogen (secondary N) is 1. The lowest BCUT2D eigenvalue weighted by Crippen LogP contribution is -2.37. The van der Waals surface area contributed by atoms with Crippen molar-refractivity contribution in [2.45, 2.75) is 32.1 Å². The molecule has 2 amide bonds. The molecule has 150 valence electrons. The van der Waals surface area contributed by atoms with Crippen molar-refractivity contribution >= 4 is 28.9 Å². The molecule has 2 atom stereocenters. The number of para-hydroxylation sites is 1. The van der Waals surface area contributed by atoms with Crippen molar-refractivity contribution < 1.29 is 9.59 Å². The molecule has 0 bridgehead atoms. The molecule has 2 aromatic carbocycles. The predicted octanol–water partition coefficient (Wildman–Crippen LogP) is 3.84. The van der Waals surface area contributed by atoms with E-state index in [0.29, 0.717) is 6.42 Å². The van der Waals surface area contributed by atoms with Crippen LogP contribution in [-0.2, 0) is 16.0 Å². The summed E-state index contributed by atoms with van der Waals surface area (Å²) in [5.41, 5.74) is 4.27. The minimum atomic E-state index is -0.213. The van der Waals surface area contributed by atoms with Gasteiger partial charge in [0.2, 0.25) is 11.8 Å². The zero-order chi connectivity index (χ0) is 19.8. The zero-order valence-electron chi connectivity index (χ0n) is 16.6. The lowest BCUT2D eigenvalue weighted by atomic mass is 10.0. The van der Waals surface area contributed by atoms with Crippen LogP contribution in [0.1, 0.15) is 31.2 Å². The van der Waals surface area contributed by atoms with Gasteiger partial charge in [-0.15, -0.1) is 0 Å². The fourth-order valence-corrected chi connectivity index (χ4v) is 4.69. The number of carbonyl (C=O) groups is 2. The standard InChI is InChI=1S/C24H27N3O2/c28-23(25-18-9-11-19(12-10-18)26-13-3-4-14-26)20-16-21(20)24(29)27-15-5-7-17-6-1-2-8-22(17)27/h1-2,6,8-12,20-21H,3-5,7,13-16H2,(H,25,28). The Balaban J connectivity index is 1.20. The molecule has 5 rings (SSSR count). The van der Waals surface area contributed by atoms with Gasteiger partial charge in [0.15, 0.2) is 0 Å². The Hall–Kier alpha value is -2.82. The number of anilines is 3.